The lowest BCUT2D eigenvalue weighted by Crippen LogP contribution is -2.57. The Hall–Kier alpha value is -1.92. The molecule has 4 rings (SSSR count). The van der Waals surface area contributed by atoms with Crippen LogP contribution in [0, 0.1) is 0 Å². The molecule has 0 unspecified atom stereocenters. The van der Waals surface area contributed by atoms with Crippen molar-refractivity contribution in [1.82, 2.24) is 20.0 Å². The van der Waals surface area contributed by atoms with E-state index in [1.165, 1.54) is 0 Å². The van der Waals surface area contributed by atoms with Gasteiger partial charge in [0.05, 0.1) is 18.1 Å². The van der Waals surface area contributed by atoms with E-state index in [2.05, 4.69) is 22.0 Å². The Balaban J connectivity index is 1.37. The normalized spacial score (nSPS) is 23.2. The van der Waals surface area contributed by atoms with Crippen LogP contribution in [0.15, 0.2) is 24.4 Å². The molecule has 134 valence electrons. The zero-order valence-electron chi connectivity index (χ0n) is 14.8. The lowest BCUT2D eigenvalue weighted by molar-refractivity contribution is -0.135. The highest BCUT2D eigenvalue weighted by molar-refractivity contribution is 5.83. The Labute approximate surface area is 148 Å². The predicted octanol–water partition coefficient (Wildman–Crippen LogP) is 1.82. The molecular formula is C19H26N4O2. The fourth-order valence-electron chi connectivity index (χ4n) is 4.11. The van der Waals surface area contributed by atoms with Gasteiger partial charge in [-0.1, -0.05) is 12.1 Å². The van der Waals surface area contributed by atoms with E-state index in [0.29, 0.717) is 12.5 Å². The zero-order valence-corrected chi connectivity index (χ0v) is 14.8. The molecule has 0 saturated carbocycles. The van der Waals surface area contributed by atoms with E-state index in [1.807, 2.05) is 23.1 Å². The summed E-state index contributed by atoms with van der Waals surface area (Å²) < 4.78 is 5.47. The van der Waals surface area contributed by atoms with Crippen LogP contribution >= 0.6 is 0 Å². The molecule has 1 N–H and O–H groups in total. The Morgan fingerprint density at radius 3 is 2.96 bits per heavy atom. The van der Waals surface area contributed by atoms with Crippen LogP contribution in [-0.2, 0) is 16.0 Å². The summed E-state index contributed by atoms with van der Waals surface area (Å²) in [5.41, 5.74) is 2.03. The van der Waals surface area contributed by atoms with Gasteiger partial charge in [0.1, 0.15) is 0 Å². The summed E-state index contributed by atoms with van der Waals surface area (Å²) in [5, 5.41) is 8.09. The molecule has 2 fully saturated rings. The van der Waals surface area contributed by atoms with Crippen molar-refractivity contribution in [3.63, 3.8) is 0 Å². The van der Waals surface area contributed by atoms with Crippen molar-refractivity contribution in [2.45, 2.75) is 38.3 Å². The second-order valence-corrected chi connectivity index (χ2v) is 7.24. The van der Waals surface area contributed by atoms with Gasteiger partial charge in [0.15, 0.2) is 0 Å². The van der Waals surface area contributed by atoms with Gasteiger partial charge < -0.3 is 9.64 Å². The van der Waals surface area contributed by atoms with Crippen molar-refractivity contribution in [3.8, 4) is 0 Å². The van der Waals surface area contributed by atoms with Crippen LogP contribution in [0.1, 0.15) is 25.3 Å². The van der Waals surface area contributed by atoms with Gasteiger partial charge >= 0.3 is 0 Å². The Bertz CT molecular complexity index is 738. The van der Waals surface area contributed by atoms with Crippen molar-refractivity contribution in [2.75, 3.05) is 32.8 Å². The SMILES string of the molecule is C[C@H]1CN(C2CCOCC2)CCN1C(=O)Cc1ccc2cn[nH]c2c1. The summed E-state index contributed by atoms with van der Waals surface area (Å²) in [6.45, 7) is 6.67. The van der Waals surface area contributed by atoms with Crippen LogP contribution in [0.4, 0.5) is 0 Å². The van der Waals surface area contributed by atoms with Crippen LogP contribution in [0.5, 0.6) is 0 Å². The first-order valence-corrected chi connectivity index (χ1v) is 9.24. The van der Waals surface area contributed by atoms with Gasteiger partial charge in [0, 0.05) is 50.3 Å². The maximum Gasteiger partial charge on any atom is 0.227 e. The third-order valence-electron chi connectivity index (χ3n) is 5.55. The number of hydrogen-bond acceptors (Lipinski definition) is 4. The lowest BCUT2D eigenvalue weighted by atomic mass is 10.0. The second-order valence-electron chi connectivity index (χ2n) is 7.24. The number of aromatic nitrogens is 2. The fourth-order valence-corrected chi connectivity index (χ4v) is 4.11. The number of nitrogens with one attached hydrogen (secondary N) is 1. The maximum atomic E-state index is 12.8. The van der Waals surface area contributed by atoms with Crippen LogP contribution in [0.25, 0.3) is 10.9 Å². The van der Waals surface area contributed by atoms with Gasteiger partial charge in [-0.2, -0.15) is 5.10 Å². The molecule has 3 heterocycles. The smallest absolute Gasteiger partial charge is 0.227 e. The molecule has 2 aliphatic heterocycles. The number of aromatic amines is 1. The molecule has 0 spiro atoms. The van der Waals surface area contributed by atoms with Crippen molar-refractivity contribution < 1.29 is 9.53 Å². The van der Waals surface area contributed by atoms with E-state index >= 15 is 0 Å². The Morgan fingerprint density at radius 1 is 1.32 bits per heavy atom. The van der Waals surface area contributed by atoms with Gasteiger partial charge in [-0.05, 0) is 31.4 Å². The second kappa shape index (κ2) is 7.14. The zero-order chi connectivity index (χ0) is 17.2. The third-order valence-corrected chi connectivity index (χ3v) is 5.55. The van der Waals surface area contributed by atoms with E-state index in [0.717, 1.165) is 62.2 Å². The number of carbonyl (C=O) groups excluding carboxylic acids is 1. The number of piperazine rings is 1. The predicted molar refractivity (Wildman–Crippen MR) is 96.4 cm³/mol. The van der Waals surface area contributed by atoms with Crippen LogP contribution in [-0.4, -0.2) is 70.8 Å². The van der Waals surface area contributed by atoms with Gasteiger partial charge in [0.25, 0.3) is 0 Å². The Kier molecular flexibility index (Phi) is 4.72. The minimum absolute atomic E-state index is 0.220. The topological polar surface area (TPSA) is 61.5 Å². The van der Waals surface area contributed by atoms with E-state index in [-0.39, 0.29) is 11.9 Å². The molecule has 6 nitrogen and oxygen atoms in total. The molecule has 2 saturated heterocycles. The minimum atomic E-state index is 0.220. The van der Waals surface area contributed by atoms with Gasteiger partial charge in [-0.3, -0.25) is 14.8 Å². The fraction of sp³-hybridized carbons (Fsp3) is 0.579. The van der Waals surface area contributed by atoms with E-state index in [4.69, 9.17) is 4.74 Å². The summed E-state index contributed by atoms with van der Waals surface area (Å²) in [5.74, 6) is 0.220. The number of hydrogen-bond donors (Lipinski definition) is 1. The first-order valence-electron chi connectivity index (χ1n) is 9.24. The third kappa shape index (κ3) is 3.55. The van der Waals surface area contributed by atoms with Crippen molar-refractivity contribution in [2.24, 2.45) is 0 Å². The number of H-pyrrole nitrogens is 1. The Morgan fingerprint density at radius 2 is 2.16 bits per heavy atom. The average molecular weight is 342 g/mol. The molecule has 1 aromatic carbocycles. The quantitative estimate of drug-likeness (QED) is 0.924. The summed E-state index contributed by atoms with van der Waals surface area (Å²) in [4.78, 5) is 17.4. The molecule has 25 heavy (non-hydrogen) atoms. The largest absolute Gasteiger partial charge is 0.381 e. The van der Waals surface area contributed by atoms with E-state index < -0.39 is 0 Å². The first kappa shape index (κ1) is 16.5. The number of ether oxygens (including phenoxy) is 1. The van der Waals surface area contributed by atoms with Gasteiger partial charge in [-0.25, -0.2) is 0 Å². The molecule has 0 aliphatic carbocycles. The average Bonchev–Trinajstić information content (AvgIpc) is 3.10. The number of benzene rings is 1. The highest BCUT2D eigenvalue weighted by atomic mass is 16.5. The van der Waals surface area contributed by atoms with Crippen molar-refractivity contribution >= 4 is 16.8 Å². The van der Waals surface area contributed by atoms with E-state index in [1.54, 1.807) is 6.20 Å². The van der Waals surface area contributed by atoms with E-state index in [9.17, 15) is 4.79 Å². The molecule has 2 aliphatic rings. The minimum Gasteiger partial charge on any atom is -0.381 e. The monoisotopic (exact) mass is 342 g/mol. The van der Waals surface area contributed by atoms with Crippen molar-refractivity contribution in [1.29, 1.82) is 0 Å². The van der Waals surface area contributed by atoms with Crippen molar-refractivity contribution in [3.05, 3.63) is 30.0 Å². The summed E-state index contributed by atoms with van der Waals surface area (Å²) >= 11 is 0. The standard InChI is InChI=1S/C19H26N4O2/c1-14-13-22(17-4-8-25-9-5-17)6-7-23(14)19(24)11-15-2-3-16-12-20-21-18(16)10-15/h2-3,10,12,14,17H,4-9,11,13H2,1H3,(H,20,21)/t14-/m0/s1. The molecule has 1 atom stereocenters. The molecular weight excluding hydrogens is 316 g/mol. The highest BCUT2D eigenvalue weighted by Crippen LogP contribution is 2.20. The lowest BCUT2D eigenvalue weighted by Gasteiger charge is -2.44. The molecule has 1 amide bonds. The number of amides is 1. The van der Waals surface area contributed by atoms with Gasteiger partial charge in [0.2, 0.25) is 5.91 Å². The van der Waals surface area contributed by atoms with Crippen LogP contribution in [0.2, 0.25) is 0 Å². The number of nitrogens with zero attached hydrogens (tertiary/aromatic N) is 3. The highest BCUT2D eigenvalue weighted by Gasteiger charge is 2.31. The summed E-state index contributed by atoms with van der Waals surface area (Å²) in [7, 11) is 0. The number of carbonyl (C=O) groups is 1. The summed E-state index contributed by atoms with van der Waals surface area (Å²) in [6.07, 6.45) is 4.49. The van der Waals surface area contributed by atoms with Crippen LogP contribution in [0.3, 0.4) is 0 Å². The van der Waals surface area contributed by atoms with Gasteiger partial charge in [-0.15, -0.1) is 0 Å². The molecule has 0 bridgehead atoms. The van der Waals surface area contributed by atoms with Crippen LogP contribution < -0.4 is 0 Å². The summed E-state index contributed by atoms with van der Waals surface area (Å²) in [6, 6.07) is 6.96. The molecule has 6 heteroatoms. The number of fused-ring (bicyclic) bond motifs is 1. The number of rotatable bonds is 3. The molecule has 2 aromatic rings. The maximum absolute atomic E-state index is 12.8. The molecule has 1 aromatic heterocycles. The first-order chi connectivity index (χ1) is 12.2. The molecule has 0 radical (unpaired) electrons.